The standard InChI is InChI=1S/C19H23NO2S/c1-15-6-2-3-7-17(15)22-12-18(21)20-14-19(9-4-5-10-19)16-8-11-23-13-16/h2-3,6-8,11,13H,4-5,9-10,12,14H2,1H3,(H,20,21). The summed E-state index contributed by atoms with van der Waals surface area (Å²) in [6.07, 6.45) is 4.79. The molecule has 1 heterocycles. The van der Waals surface area contributed by atoms with E-state index in [0.29, 0.717) is 6.54 Å². The smallest absolute Gasteiger partial charge is 0.257 e. The minimum atomic E-state index is -0.0465. The fraction of sp³-hybridized carbons (Fsp3) is 0.421. The van der Waals surface area contributed by atoms with Crippen molar-refractivity contribution in [3.63, 3.8) is 0 Å². The average Bonchev–Trinajstić information content (AvgIpc) is 3.24. The molecule has 0 bridgehead atoms. The van der Waals surface area contributed by atoms with Crippen molar-refractivity contribution in [2.75, 3.05) is 13.2 Å². The Hall–Kier alpha value is -1.81. The number of ether oxygens (including phenoxy) is 1. The molecule has 122 valence electrons. The summed E-state index contributed by atoms with van der Waals surface area (Å²) in [5, 5.41) is 7.43. The molecule has 0 atom stereocenters. The lowest BCUT2D eigenvalue weighted by atomic mass is 9.80. The quantitative estimate of drug-likeness (QED) is 0.868. The molecule has 0 spiro atoms. The molecule has 1 N–H and O–H groups in total. The van der Waals surface area contributed by atoms with E-state index < -0.39 is 0 Å². The molecule has 0 radical (unpaired) electrons. The Morgan fingerprint density at radius 2 is 2.04 bits per heavy atom. The zero-order valence-corrected chi connectivity index (χ0v) is 14.3. The average molecular weight is 329 g/mol. The van der Waals surface area contributed by atoms with Gasteiger partial charge >= 0.3 is 0 Å². The van der Waals surface area contributed by atoms with Gasteiger partial charge in [-0.1, -0.05) is 31.0 Å². The molecule has 1 aromatic heterocycles. The van der Waals surface area contributed by atoms with E-state index in [2.05, 4.69) is 22.1 Å². The predicted octanol–water partition coefficient (Wildman–Crippen LogP) is 4.06. The summed E-state index contributed by atoms with van der Waals surface area (Å²) in [7, 11) is 0. The second-order valence-corrected chi connectivity index (χ2v) is 7.11. The minimum absolute atomic E-state index is 0.0465. The van der Waals surface area contributed by atoms with Crippen LogP contribution in [0.1, 0.15) is 36.8 Å². The number of carbonyl (C=O) groups excluding carboxylic acids is 1. The van der Waals surface area contributed by atoms with Crippen molar-refractivity contribution in [2.45, 2.75) is 38.0 Å². The van der Waals surface area contributed by atoms with Crippen LogP contribution in [0.4, 0.5) is 0 Å². The first kappa shape index (κ1) is 16.1. The number of rotatable bonds is 6. The van der Waals surface area contributed by atoms with E-state index in [1.54, 1.807) is 11.3 Å². The minimum Gasteiger partial charge on any atom is -0.484 e. The van der Waals surface area contributed by atoms with Gasteiger partial charge in [0.05, 0.1) is 0 Å². The molecule has 0 unspecified atom stereocenters. The number of benzene rings is 1. The summed E-state index contributed by atoms with van der Waals surface area (Å²) in [5.74, 6) is 0.728. The fourth-order valence-electron chi connectivity index (χ4n) is 3.37. The monoisotopic (exact) mass is 329 g/mol. The van der Waals surface area contributed by atoms with Gasteiger partial charge in [-0.05, 0) is 53.8 Å². The lowest BCUT2D eigenvalue weighted by molar-refractivity contribution is -0.123. The molecule has 23 heavy (non-hydrogen) atoms. The molecule has 0 aliphatic heterocycles. The number of carbonyl (C=O) groups is 1. The Labute approximate surface area is 141 Å². The zero-order chi connectivity index (χ0) is 16.1. The lowest BCUT2D eigenvalue weighted by Gasteiger charge is -2.28. The van der Waals surface area contributed by atoms with E-state index in [1.165, 1.54) is 18.4 Å². The van der Waals surface area contributed by atoms with Gasteiger partial charge in [0.15, 0.2) is 6.61 Å². The van der Waals surface area contributed by atoms with Gasteiger partial charge < -0.3 is 10.1 Å². The normalized spacial score (nSPS) is 16.2. The highest BCUT2D eigenvalue weighted by atomic mass is 32.1. The van der Waals surface area contributed by atoms with Crippen LogP contribution in [-0.2, 0) is 10.2 Å². The summed E-state index contributed by atoms with van der Waals surface area (Å²) in [6, 6.07) is 9.97. The number of para-hydroxylation sites is 1. The SMILES string of the molecule is Cc1ccccc1OCC(=O)NCC1(c2ccsc2)CCCC1. The highest BCUT2D eigenvalue weighted by Crippen LogP contribution is 2.41. The molecule has 0 saturated heterocycles. The first-order valence-corrected chi connectivity index (χ1v) is 9.12. The van der Waals surface area contributed by atoms with E-state index in [-0.39, 0.29) is 17.9 Å². The largest absolute Gasteiger partial charge is 0.484 e. The molecule has 1 aromatic carbocycles. The van der Waals surface area contributed by atoms with Crippen LogP contribution in [0.5, 0.6) is 5.75 Å². The molecule has 4 heteroatoms. The van der Waals surface area contributed by atoms with E-state index in [0.717, 1.165) is 24.2 Å². The summed E-state index contributed by atoms with van der Waals surface area (Å²) in [4.78, 5) is 12.2. The van der Waals surface area contributed by atoms with Gasteiger partial charge in [0.1, 0.15) is 5.75 Å². The van der Waals surface area contributed by atoms with Crippen LogP contribution in [0.25, 0.3) is 0 Å². The Bertz CT molecular complexity index is 645. The van der Waals surface area contributed by atoms with E-state index in [4.69, 9.17) is 4.74 Å². The van der Waals surface area contributed by atoms with E-state index in [9.17, 15) is 4.79 Å². The number of nitrogens with one attached hydrogen (secondary N) is 1. The first-order valence-electron chi connectivity index (χ1n) is 8.17. The summed E-state index contributed by atoms with van der Waals surface area (Å²) in [5.41, 5.74) is 2.55. The van der Waals surface area contributed by atoms with Gasteiger partial charge in [0.25, 0.3) is 5.91 Å². The molecule has 2 aromatic rings. The second kappa shape index (κ2) is 7.18. The van der Waals surface area contributed by atoms with Crippen LogP contribution in [0, 0.1) is 6.92 Å². The highest BCUT2D eigenvalue weighted by molar-refractivity contribution is 7.08. The molecular formula is C19H23NO2S. The molecule has 3 nitrogen and oxygen atoms in total. The number of thiophene rings is 1. The number of hydrogen-bond donors (Lipinski definition) is 1. The van der Waals surface area contributed by atoms with Crippen molar-refractivity contribution in [3.05, 3.63) is 52.2 Å². The Morgan fingerprint density at radius 3 is 2.74 bits per heavy atom. The van der Waals surface area contributed by atoms with Crippen molar-refractivity contribution < 1.29 is 9.53 Å². The van der Waals surface area contributed by atoms with Crippen molar-refractivity contribution in [2.24, 2.45) is 0 Å². The summed E-state index contributed by atoms with van der Waals surface area (Å²) >= 11 is 1.73. The highest BCUT2D eigenvalue weighted by Gasteiger charge is 2.36. The number of hydrogen-bond acceptors (Lipinski definition) is 3. The van der Waals surface area contributed by atoms with Crippen molar-refractivity contribution in [3.8, 4) is 5.75 Å². The zero-order valence-electron chi connectivity index (χ0n) is 13.5. The molecule has 1 aliphatic carbocycles. The van der Waals surface area contributed by atoms with Gasteiger partial charge in [0, 0.05) is 12.0 Å². The van der Waals surface area contributed by atoms with E-state index >= 15 is 0 Å². The molecule has 1 fully saturated rings. The van der Waals surface area contributed by atoms with Crippen LogP contribution in [-0.4, -0.2) is 19.1 Å². The Kier molecular flexibility index (Phi) is 5.01. The van der Waals surface area contributed by atoms with Crippen molar-refractivity contribution in [1.29, 1.82) is 0 Å². The van der Waals surface area contributed by atoms with Crippen molar-refractivity contribution >= 4 is 17.2 Å². The van der Waals surface area contributed by atoms with Gasteiger partial charge in [-0.25, -0.2) is 0 Å². The van der Waals surface area contributed by atoms with Crippen LogP contribution in [0.2, 0.25) is 0 Å². The Balaban J connectivity index is 1.55. The maximum atomic E-state index is 12.2. The third-order valence-electron chi connectivity index (χ3n) is 4.77. The number of amides is 1. The van der Waals surface area contributed by atoms with Gasteiger partial charge in [-0.15, -0.1) is 0 Å². The van der Waals surface area contributed by atoms with E-state index in [1.807, 2.05) is 31.2 Å². The maximum Gasteiger partial charge on any atom is 0.257 e. The van der Waals surface area contributed by atoms with Crippen LogP contribution in [0.15, 0.2) is 41.1 Å². The fourth-order valence-corrected chi connectivity index (χ4v) is 4.14. The first-order chi connectivity index (χ1) is 11.2. The summed E-state index contributed by atoms with van der Waals surface area (Å²) in [6.45, 7) is 2.77. The summed E-state index contributed by atoms with van der Waals surface area (Å²) < 4.78 is 5.63. The second-order valence-electron chi connectivity index (χ2n) is 6.33. The lowest BCUT2D eigenvalue weighted by Crippen LogP contribution is -2.40. The maximum absolute atomic E-state index is 12.2. The molecule has 1 amide bonds. The van der Waals surface area contributed by atoms with Crippen LogP contribution in [0.3, 0.4) is 0 Å². The predicted molar refractivity (Wildman–Crippen MR) is 94.1 cm³/mol. The molecular weight excluding hydrogens is 306 g/mol. The van der Waals surface area contributed by atoms with Crippen LogP contribution >= 0.6 is 11.3 Å². The number of aryl methyl sites for hydroxylation is 1. The molecule has 1 saturated carbocycles. The third-order valence-corrected chi connectivity index (χ3v) is 5.45. The van der Waals surface area contributed by atoms with Gasteiger partial charge in [-0.3, -0.25) is 4.79 Å². The van der Waals surface area contributed by atoms with Crippen molar-refractivity contribution in [1.82, 2.24) is 5.32 Å². The molecule has 3 rings (SSSR count). The third kappa shape index (κ3) is 3.75. The van der Waals surface area contributed by atoms with Gasteiger partial charge in [0.2, 0.25) is 0 Å². The van der Waals surface area contributed by atoms with Gasteiger partial charge in [-0.2, -0.15) is 11.3 Å². The topological polar surface area (TPSA) is 38.3 Å². The Morgan fingerprint density at radius 1 is 1.26 bits per heavy atom. The van der Waals surface area contributed by atoms with Crippen LogP contribution < -0.4 is 10.1 Å². The molecule has 1 aliphatic rings.